The van der Waals surface area contributed by atoms with Crippen molar-refractivity contribution in [3.8, 4) is 0 Å². The normalized spacial score (nSPS) is 14.5. The van der Waals surface area contributed by atoms with Crippen LogP contribution in [0.2, 0.25) is 0 Å². The molecule has 0 spiro atoms. The van der Waals surface area contributed by atoms with E-state index in [1.54, 1.807) is 6.07 Å². The van der Waals surface area contributed by atoms with Gasteiger partial charge in [0.05, 0.1) is 6.42 Å². The molecule has 0 saturated heterocycles. The molecule has 116 valence electrons. The summed E-state index contributed by atoms with van der Waals surface area (Å²) in [6, 6.07) is 3.32. The summed E-state index contributed by atoms with van der Waals surface area (Å²) >= 11 is 0. The maximum atomic E-state index is 12.3. The van der Waals surface area contributed by atoms with Crippen molar-refractivity contribution in [1.29, 1.82) is 0 Å². The van der Waals surface area contributed by atoms with Crippen molar-refractivity contribution in [3.63, 3.8) is 0 Å². The lowest BCUT2D eigenvalue weighted by Gasteiger charge is -2.15. The number of hydrogen-bond donors (Lipinski definition) is 3. The minimum absolute atomic E-state index is 0.105. The number of fused-ring (bicyclic) bond motifs is 1. The smallest absolute Gasteiger partial charge is 0.390 e. The first-order chi connectivity index (χ1) is 9.58. The molecule has 1 atom stereocenters. The van der Waals surface area contributed by atoms with E-state index in [0.29, 0.717) is 16.6 Å². The van der Waals surface area contributed by atoms with Crippen LogP contribution in [0.15, 0.2) is 29.3 Å². The largest absolute Gasteiger partial charge is 0.399 e. The fourth-order valence-electron chi connectivity index (χ4n) is 2.06. The monoisotopic (exact) mass is 321 g/mol. The maximum Gasteiger partial charge on any atom is 0.390 e. The van der Waals surface area contributed by atoms with Crippen molar-refractivity contribution in [1.82, 2.24) is 9.71 Å². The molecular weight excluding hydrogens is 307 g/mol. The zero-order valence-electron chi connectivity index (χ0n) is 11.0. The van der Waals surface area contributed by atoms with Crippen LogP contribution < -0.4 is 10.5 Å². The van der Waals surface area contributed by atoms with Crippen LogP contribution >= 0.6 is 0 Å². The molecule has 0 saturated carbocycles. The van der Waals surface area contributed by atoms with E-state index < -0.39 is 28.7 Å². The van der Waals surface area contributed by atoms with Crippen LogP contribution in [0.4, 0.5) is 18.9 Å². The predicted octanol–water partition coefficient (Wildman–Crippen LogP) is 2.37. The summed E-state index contributed by atoms with van der Waals surface area (Å²) in [4.78, 5) is 2.63. The first kappa shape index (κ1) is 15.6. The molecule has 21 heavy (non-hydrogen) atoms. The van der Waals surface area contributed by atoms with Crippen molar-refractivity contribution < 1.29 is 21.6 Å². The van der Waals surface area contributed by atoms with E-state index in [1.807, 2.05) is 4.72 Å². The minimum Gasteiger partial charge on any atom is -0.399 e. The Morgan fingerprint density at radius 1 is 1.38 bits per heavy atom. The van der Waals surface area contributed by atoms with E-state index in [4.69, 9.17) is 5.73 Å². The number of nitrogen functional groups attached to an aromatic ring is 1. The van der Waals surface area contributed by atoms with Crippen molar-refractivity contribution >= 4 is 26.6 Å². The quantitative estimate of drug-likeness (QED) is 0.755. The molecular formula is C12H14F3N3O2S. The number of H-pyrrole nitrogens is 1. The van der Waals surface area contributed by atoms with E-state index in [1.165, 1.54) is 18.3 Å². The molecule has 2 aromatic rings. The number of nitrogens with two attached hydrogens (primary N) is 1. The second kappa shape index (κ2) is 5.23. The second-order valence-corrected chi connectivity index (χ2v) is 6.48. The molecule has 2 rings (SSSR count). The Kier molecular flexibility index (Phi) is 3.89. The molecule has 0 bridgehead atoms. The molecule has 1 unspecified atom stereocenters. The summed E-state index contributed by atoms with van der Waals surface area (Å²) < 4.78 is 63.1. The predicted molar refractivity (Wildman–Crippen MR) is 73.2 cm³/mol. The highest BCUT2D eigenvalue weighted by atomic mass is 32.2. The van der Waals surface area contributed by atoms with Gasteiger partial charge in [-0.15, -0.1) is 0 Å². The van der Waals surface area contributed by atoms with Crippen molar-refractivity contribution in [2.75, 3.05) is 5.73 Å². The number of aromatic nitrogens is 1. The number of anilines is 1. The van der Waals surface area contributed by atoms with E-state index in [2.05, 4.69) is 4.98 Å². The van der Waals surface area contributed by atoms with E-state index in [-0.39, 0.29) is 4.90 Å². The van der Waals surface area contributed by atoms with Gasteiger partial charge in [0.15, 0.2) is 0 Å². The first-order valence-electron chi connectivity index (χ1n) is 6.04. The highest BCUT2D eigenvalue weighted by molar-refractivity contribution is 7.89. The highest BCUT2D eigenvalue weighted by Crippen LogP contribution is 2.26. The van der Waals surface area contributed by atoms with Gasteiger partial charge in [0.2, 0.25) is 10.0 Å². The molecule has 9 heteroatoms. The Hall–Kier alpha value is -1.74. The van der Waals surface area contributed by atoms with Gasteiger partial charge in [-0.05, 0) is 25.1 Å². The maximum absolute atomic E-state index is 12.3. The number of benzene rings is 1. The van der Waals surface area contributed by atoms with Crippen LogP contribution in [0.3, 0.4) is 0 Å². The minimum atomic E-state index is -4.43. The van der Waals surface area contributed by atoms with E-state index in [0.717, 1.165) is 6.92 Å². The van der Waals surface area contributed by atoms with Gasteiger partial charge in [-0.3, -0.25) is 0 Å². The van der Waals surface area contributed by atoms with Gasteiger partial charge in [0.1, 0.15) is 4.90 Å². The zero-order valence-corrected chi connectivity index (χ0v) is 11.8. The molecule has 0 radical (unpaired) electrons. The van der Waals surface area contributed by atoms with Gasteiger partial charge in [-0.2, -0.15) is 13.2 Å². The van der Waals surface area contributed by atoms with Gasteiger partial charge in [-0.25, -0.2) is 13.1 Å². The fourth-order valence-corrected chi connectivity index (χ4v) is 3.48. The topological polar surface area (TPSA) is 88.0 Å². The number of nitrogens with one attached hydrogen (secondary N) is 2. The van der Waals surface area contributed by atoms with Crippen molar-refractivity contribution in [2.45, 2.75) is 30.5 Å². The lowest BCUT2D eigenvalue weighted by molar-refractivity contribution is -0.137. The molecule has 0 aliphatic heterocycles. The third-order valence-corrected chi connectivity index (χ3v) is 4.48. The molecule has 1 heterocycles. The summed E-state index contributed by atoms with van der Waals surface area (Å²) in [7, 11) is -4.05. The molecule has 0 fully saturated rings. The Balaban J connectivity index is 2.30. The highest BCUT2D eigenvalue weighted by Gasteiger charge is 2.32. The third-order valence-electron chi connectivity index (χ3n) is 2.85. The molecule has 1 aromatic carbocycles. The van der Waals surface area contributed by atoms with Crippen molar-refractivity contribution in [2.24, 2.45) is 0 Å². The number of hydrogen-bond acceptors (Lipinski definition) is 3. The molecule has 0 amide bonds. The van der Waals surface area contributed by atoms with Gasteiger partial charge < -0.3 is 10.7 Å². The Morgan fingerprint density at radius 2 is 2.05 bits per heavy atom. The molecule has 5 nitrogen and oxygen atoms in total. The van der Waals surface area contributed by atoms with Gasteiger partial charge >= 0.3 is 6.18 Å². The van der Waals surface area contributed by atoms with Gasteiger partial charge in [-0.1, -0.05) is 0 Å². The third kappa shape index (κ3) is 3.67. The lowest BCUT2D eigenvalue weighted by Crippen LogP contribution is -2.35. The van der Waals surface area contributed by atoms with Crippen LogP contribution in [-0.2, 0) is 10.0 Å². The summed E-state index contributed by atoms with van der Waals surface area (Å²) in [5.74, 6) is 0. The Labute approximate surface area is 119 Å². The van der Waals surface area contributed by atoms with Crippen LogP contribution in [0.1, 0.15) is 13.3 Å². The zero-order chi connectivity index (χ0) is 15.8. The molecule has 0 aliphatic carbocycles. The number of rotatable bonds is 4. The second-order valence-electron chi connectivity index (χ2n) is 4.80. The lowest BCUT2D eigenvalue weighted by atomic mass is 10.2. The number of halogens is 3. The van der Waals surface area contributed by atoms with Crippen LogP contribution in [0.25, 0.3) is 10.9 Å². The fraction of sp³-hybridized carbons (Fsp3) is 0.333. The Bertz CT molecular complexity index is 753. The molecule has 1 aromatic heterocycles. The number of sulfonamides is 1. The molecule has 0 aliphatic rings. The number of aromatic amines is 1. The van der Waals surface area contributed by atoms with Crippen LogP contribution in [0, 0.1) is 0 Å². The summed E-state index contributed by atoms with van der Waals surface area (Å²) in [6.07, 6.45) is -4.44. The van der Waals surface area contributed by atoms with Gasteiger partial charge in [0, 0.05) is 28.8 Å². The average molecular weight is 321 g/mol. The average Bonchev–Trinajstić information content (AvgIpc) is 2.68. The van der Waals surface area contributed by atoms with E-state index in [9.17, 15) is 21.6 Å². The van der Waals surface area contributed by atoms with Crippen molar-refractivity contribution in [3.05, 3.63) is 24.4 Å². The summed E-state index contributed by atoms with van der Waals surface area (Å²) in [6.45, 7) is 1.16. The summed E-state index contributed by atoms with van der Waals surface area (Å²) in [5, 5.41) is 0.371. The Morgan fingerprint density at radius 3 is 2.67 bits per heavy atom. The molecule has 4 N–H and O–H groups in total. The standard InChI is InChI=1S/C12H14F3N3O2S/c1-7(5-12(13,14)15)18-21(19,20)11-6-17-10-4-8(16)2-3-9(10)11/h2-4,6-7,17-18H,5,16H2,1H3. The van der Waals surface area contributed by atoms with Crippen LogP contribution in [0.5, 0.6) is 0 Å². The summed E-state index contributed by atoms with van der Waals surface area (Å²) in [5.41, 5.74) is 6.53. The van der Waals surface area contributed by atoms with Crippen LogP contribution in [-0.4, -0.2) is 25.6 Å². The van der Waals surface area contributed by atoms with E-state index >= 15 is 0 Å². The SMILES string of the molecule is CC(CC(F)(F)F)NS(=O)(=O)c1c[nH]c2cc(N)ccc12. The van der Waals surface area contributed by atoms with Gasteiger partial charge in [0.25, 0.3) is 0 Å². The first-order valence-corrected chi connectivity index (χ1v) is 7.52. The number of alkyl halides is 3.